The maximum atomic E-state index is 12.7. The van der Waals surface area contributed by atoms with E-state index in [0.717, 1.165) is 19.3 Å². The number of nitrogens with zero attached hydrogens (tertiary/aromatic N) is 2. The summed E-state index contributed by atoms with van der Waals surface area (Å²) >= 11 is 4.48. The van der Waals surface area contributed by atoms with Gasteiger partial charge in [0.1, 0.15) is 4.21 Å². The largest absolute Gasteiger partial charge is 0.444 e. The summed E-state index contributed by atoms with van der Waals surface area (Å²) in [5.74, 6) is 0.243. The number of carbonyl (C=O) groups is 1. The molecule has 0 N–H and O–H groups in total. The predicted octanol–water partition coefficient (Wildman–Crippen LogP) is 3.42. The van der Waals surface area contributed by atoms with Crippen LogP contribution < -0.4 is 0 Å². The normalized spacial score (nSPS) is 20.7. The number of piperidine rings is 1. The molecular formula is C17H19BrN2O4S2. The van der Waals surface area contributed by atoms with Crippen LogP contribution in [0.4, 0.5) is 0 Å². The average Bonchev–Trinajstić information content (AvgIpc) is 3.36. The molecule has 2 aliphatic rings. The van der Waals surface area contributed by atoms with Crippen LogP contribution >= 0.6 is 27.3 Å². The van der Waals surface area contributed by atoms with Gasteiger partial charge in [-0.15, -0.1) is 11.3 Å². The summed E-state index contributed by atoms with van der Waals surface area (Å²) in [6, 6.07) is 6.80. The summed E-state index contributed by atoms with van der Waals surface area (Å²) in [4.78, 5) is 14.4. The summed E-state index contributed by atoms with van der Waals surface area (Å²) in [5, 5.41) is 1.78. The fourth-order valence-electron chi connectivity index (χ4n) is 3.84. The van der Waals surface area contributed by atoms with Gasteiger partial charge in [0.05, 0.1) is 0 Å². The SMILES string of the molecule is O=C(c1ccc(Br)o1)N1CCC2(CCN(S(=O)(=O)c3cccs3)CC2)C1. The van der Waals surface area contributed by atoms with E-state index in [1.54, 1.807) is 34.0 Å². The third-order valence-corrected chi connectivity index (χ3v) is 9.08. The van der Waals surface area contributed by atoms with Gasteiger partial charge >= 0.3 is 0 Å². The minimum atomic E-state index is -3.38. The summed E-state index contributed by atoms with van der Waals surface area (Å²) < 4.78 is 33.2. The monoisotopic (exact) mass is 458 g/mol. The van der Waals surface area contributed by atoms with Crippen molar-refractivity contribution in [1.82, 2.24) is 9.21 Å². The highest BCUT2D eigenvalue weighted by Gasteiger charge is 2.44. The van der Waals surface area contributed by atoms with Gasteiger partial charge in [-0.25, -0.2) is 8.42 Å². The molecule has 26 heavy (non-hydrogen) atoms. The fraction of sp³-hybridized carbons (Fsp3) is 0.471. The van der Waals surface area contributed by atoms with Crippen molar-refractivity contribution in [3.63, 3.8) is 0 Å². The third-order valence-electron chi connectivity index (χ3n) is 5.38. The van der Waals surface area contributed by atoms with Gasteiger partial charge in [-0.3, -0.25) is 4.79 Å². The van der Waals surface area contributed by atoms with Crippen LogP contribution in [0.25, 0.3) is 0 Å². The van der Waals surface area contributed by atoms with Crippen molar-refractivity contribution >= 4 is 43.2 Å². The molecule has 2 aromatic heterocycles. The van der Waals surface area contributed by atoms with Crippen LogP contribution in [-0.4, -0.2) is 49.7 Å². The Balaban J connectivity index is 1.41. The summed E-state index contributed by atoms with van der Waals surface area (Å²) in [6.07, 6.45) is 2.47. The zero-order valence-electron chi connectivity index (χ0n) is 14.1. The number of carbonyl (C=O) groups excluding carboxylic acids is 1. The van der Waals surface area contributed by atoms with E-state index in [4.69, 9.17) is 4.42 Å². The van der Waals surface area contributed by atoms with Crippen molar-refractivity contribution in [2.75, 3.05) is 26.2 Å². The first-order chi connectivity index (χ1) is 12.4. The maximum absolute atomic E-state index is 12.7. The highest BCUT2D eigenvalue weighted by Crippen LogP contribution is 2.42. The van der Waals surface area contributed by atoms with E-state index >= 15 is 0 Å². The minimum Gasteiger partial charge on any atom is -0.444 e. The first-order valence-electron chi connectivity index (χ1n) is 8.48. The van der Waals surface area contributed by atoms with Gasteiger partial charge in [0.25, 0.3) is 15.9 Å². The zero-order chi connectivity index (χ0) is 18.4. The van der Waals surface area contributed by atoms with Crippen LogP contribution in [0, 0.1) is 5.41 Å². The van der Waals surface area contributed by atoms with Gasteiger partial charge in [-0.1, -0.05) is 6.07 Å². The average molecular weight is 459 g/mol. The van der Waals surface area contributed by atoms with Gasteiger partial charge in [0.15, 0.2) is 10.4 Å². The standard InChI is InChI=1S/C17H19BrN2O4S2/c18-14-4-3-13(24-14)16(21)19-8-5-17(12-19)6-9-20(10-7-17)26(22,23)15-2-1-11-25-15/h1-4,11H,5-10,12H2. The molecule has 0 saturated carbocycles. The number of hydrogen-bond donors (Lipinski definition) is 0. The topological polar surface area (TPSA) is 70.8 Å². The smallest absolute Gasteiger partial charge is 0.289 e. The minimum absolute atomic E-state index is 0.0148. The lowest BCUT2D eigenvalue weighted by molar-refractivity contribution is 0.0718. The van der Waals surface area contributed by atoms with Gasteiger partial charge in [-0.05, 0) is 64.2 Å². The molecule has 0 aliphatic carbocycles. The Hall–Kier alpha value is -1.16. The van der Waals surface area contributed by atoms with Crippen molar-refractivity contribution in [3.05, 3.63) is 40.1 Å². The molecule has 2 aliphatic heterocycles. The number of furan rings is 1. The van der Waals surface area contributed by atoms with E-state index in [1.165, 1.54) is 11.3 Å². The zero-order valence-corrected chi connectivity index (χ0v) is 17.3. The number of thiophene rings is 1. The Morgan fingerprint density at radius 3 is 2.50 bits per heavy atom. The highest BCUT2D eigenvalue weighted by atomic mass is 79.9. The Bertz CT molecular complexity index is 899. The molecule has 9 heteroatoms. The number of likely N-dealkylation sites (tertiary alicyclic amines) is 1. The molecule has 2 fully saturated rings. The predicted molar refractivity (Wildman–Crippen MR) is 102 cm³/mol. The lowest BCUT2D eigenvalue weighted by atomic mass is 9.78. The molecule has 4 heterocycles. The van der Waals surface area contributed by atoms with Crippen LogP contribution in [-0.2, 0) is 10.0 Å². The lowest BCUT2D eigenvalue weighted by Gasteiger charge is -2.38. The number of sulfonamides is 1. The summed E-state index contributed by atoms with van der Waals surface area (Å²) in [5.41, 5.74) is 0.0148. The lowest BCUT2D eigenvalue weighted by Crippen LogP contribution is -2.44. The Morgan fingerprint density at radius 1 is 1.15 bits per heavy atom. The first-order valence-corrected chi connectivity index (χ1v) is 11.6. The maximum Gasteiger partial charge on any atom is 0.289 e. The van der Waals surface area contributed by atoms with E-state index in [2.05, 4.69) is 15.9 Å². The molecule has 0 unspecified atom stereocenters. The van der Waals surface area contributed by atoms with Crippen molar-refractivity contribution in [1.29, 1.82) is 0 Å². The highest BCUT2D eigenvalue weighted by molar-refractivity contribution is 9.10. The van der Waals surface area contributed by atoms with Crippen LogP contribution in [0.1, 0.15) is 29.8 Å². The summed E-state index contributed by atoms with van der Waals surface area (Å²) in [6.45, 7) is 2.37. The molecule has 0 radical (unpaired) electrons. The molecule has 0 bridgehead atoms. The van der Waals surface area contributed by atoms with Crippen molar-refractivity contribution in [3.8, 4) is 0 Å². The van der Waals surface area contributed by atoms with Crippen LogP contribution in [0.3, 0.4) is 0 Å². The first kappa shape index (κ1) is 18.2. The van der Waals surface area contributed by atoms with E-state index in [0.29, 0.717) is 40.8 Å². The van der Waals surface area contributed by atoms with Crippen molar-refractivity contribution < 1.29 is 17.6 Å². The molecular weight excluding hydrogens is 440 g/mol. The number of rotatable bonds is 3. The van der Waals surface area contributed by atoms with E-state index in [1.807, 2.05) is 4.90 Å². The van der Waals surface area contributed by atoms with Gasteiger partial charge < -0.3 is 9.32 Å². The van der Waals surface area contributed by atoms with Gasteiger partial charge in [0.2, 0.25) is 0 Å². The Kier molecular flexibility index (Phi) is 4.75. The van der Waals surface area contributed by atoms with Crippen molar-refractivity contribution in [2.24, 2.45) is 5.41 Å². The van der Waals surface area contributed by atoms with Crippen LogP contribution in [0.15, 0.2) is 42.9 Å². The second-order valence-corrected chi connectivity index (χ2v) is 10.8. The molecule has 2 saturated heterocycles. The fourth-order valence-corrected chi connectivity index (χ4v) is 6.73. The van der Waals surface area contributed by atoms with Crippen LogP contribution in [0.5, 0.6) is 0 Å². The third kappa shape index (κ3) is 3.26. The molecule has 1 spiro atoms. The van der Waals surface area contributed by atoms with E-state index in [-0.39, 0.29) is 11.3 Å². The molecule has 140 valence electrons. The van der Waals surface area contributed by atoms with Crippen molar-refractivity contribution in [2.45, 2.75) is 23.5 Å². The Labute approximate surface area is 165 Å². The van der Waals surface area contributed by atoms with Gasteiger partial charge in [0, 0.05) is 26.2 Å². The van der Waals surface area contributed by atoms with E-state index in [9.17, 15) is 13.2 Å². The molecule has 0 atom stereocenters. The molecule has 4 rings (SSSR count). The Morgan fingerprint density at radius 2 is 1.88 bits per heavy atom. The second kappa shape index (κ2) is 6.78. The van der Waals surface area contributed by atoms with Gasteiger partial charge in [-0.2, -0.15) is 4.31 Å². The molecule has 0 aromatic carbocycles. The number of hydrogen-bond acceptors (Lipinski definition) is 5. The summed E-state index contributed by atoms with van der Waals surface area (Å²) in [7, 11) is -3.38. The molecule has 1 amide bonds. The molecule has 6 nitrogen and oxygen atoms in total. The van der Waals surface area contributed by atoms with E-state index < -0.39 is 10.0 Å². The number of halogens is 1. The molecule has 2 aromatic rings. The quantitative estimate of drug-likeness (QED) is 0.706. The number of amides is 1. The second-order valence-electron chi connectivity index (χ2n) is 6.92. The van der Waals surface area contributed by atoms with Crippen LogP contribution in [0.2, 0.25) is 0 Å².